The van der Waals surface area contributed by atoms with Gasteiger partial charge in [0.2, 0.25) is 11.4 Å². The van der Waals surface area contributed by atoms with Crippen molar-refractivity contribution in [3.8, 4) is 0 Å². The maximum Gasteiger partial charge on any atom is 0.320 e. The molecule has 1 fully saturated rings. The van der Waals surface area contributed by atoms with Crippen LogP contribution >= 0.6 is 0 Å². The normalized spacial score (nSPS) is 25.3. The molecule has 0 aromatic heterocycles. The summed E-state index contributed by atoms with van der Waals surface area (Å²) in [4.78, 5) is 23.3. The molecular weight excluding hydrogens is 282 g/mol. The number of Topliss-reactive ketones (excluding diaryl/α,β-unsaturated/α-hetero) is 1. The van der Waals surface area contributed by atoms with Crippen LogP contribution in [0.1, 0.15) is 32.8 Å². The van der Waals surface area contributed by atoms with Gasteiger partial charge in [0.15, 0.2) is 12.6 Å². The molecule has 1 aliphatic rings. The molecule has 1 saturated carbocycles. The van der Waals surface area contributed by atoms with Crippen LogP contribution in [0.2, 0.25) is 0 Å². The first kappa shape index (κ1) is 16.6. The third-order valence-electron chi connectivity index (χ3n) is 4.05. The molecular formula is C17H24NO4+. The number of ketones is 1. The van der Waals surface area contributed by atoms with Gasteiger partial charge in [0.05, 0.1) is 0 Å². The number of hydrogen-bond acceptors (Lipinski definition) is 3. The fourth-order valence-electron chi connectivity index (χ4n) is 2.55. The maximum absolute atomic E-state index is 12.1. The van der Waals surface area contributed by atoms with Gasteiger partial charge >= 0.3 is 5.97 Å². The fraction of sp³-hybridized carbons (Fsp3) is 0.529. The summed E-state index contributed by atoms with van der Waals surface area (Å²) in [6.45, 7) is 6.16. The van der Waals surface area contributed by atoms with Crippen molar-refractivity contribution >= 4 is 11.8 Å². The molecule has 0 aliphatic heterocycles. The number of hydrogen-bond donors (Lipinski definition) is 2. The highest BCUT2D eigenvalue weighted by molar-refractivity contribution is 6.10. The highest BCUT2D eigenvalue weighted by atomic mass is 16.5. The molecule has 1 aromatic carbocycles. The van der Waals surface area contributed by atoms with Crippen molar-refractivity contribution in [3.63, 3.8) is 0 Å². The van der Waals surface area contributed by atoms with Gasteiger partial charge in [-0.2, -0.15) is 0 Å². The molecule has 0 saturated heterocycles. The zero-order chi connectivity index (χ0) is 16.3. The molecule has 2 rings (SSSR count). The standard InChI is InChI=1S/C17H23NO4/c1-11(2)9-13(16(20)21)18-14-15(19)17(14,3)22-10-12-7-5-4-6-8-12/h4-8,11,13-14,18H,9-10H2,1-3H3,(H,20,21)/p+1/t13-,14-,17+/m0/s1. The van der Waals surface area contributed by atoms with E-state index in [1.165, 1.54) is 0 Å². The van der Waals surface area contributed by atoms with E-state index in [2.05, 4.69) is 10.1 Å². The van der Waals surface area contributed by atoms with Crippen LogP contribution in [0.25, 0.3) is 0 Å². The largest absolute Gasteiger partial charge is 0.480 e. The van der Waals surface area contributed by atoms with E-state index in [1.807, 2.05) is 44.2 Å². The predicted molar refractivity (Wildman–Crippen MR) is 83.6 cm³/mol. The first-order valence-electron chi connectivity index (χ1n) is 7.60. The summed E-state index contributed by atoms with van der Waals surface area (Å²) in [5.74, 6) is -0.702. The molecule has 0 radical (unpaired) electrons. The zero-order valence-electron chi connectivity index (χ0n) is 13.2. The summed E-state index contributed by atoms with van der Waals surface area (Å²) in [6, 6.07) is 8.52. The van der Waals surface area contributed by atoms with Gasteiger partial charge in [-0.25, -0.2) is 0 Å². The van der Waals surface area contributed by atoms with Gasteiger partial charge in [-0.1, -0.05) is 44.2 Å². The number of carbonyl (C=O) groups is 2. The van der Waals surface area contributed by atoms with Gasteiger partial charge in [0.25, 0.3) is 0 Å². The van der Waals surface area contributed by atoms with E-state index >= 15 is 0 Å². The molecule has 0 bridgehead atoms. The highest BCUT2D eigenvalue weighted by Crippen LogP contribution is 2.34. The van der Waals surface area contributed by atoms with Crippen molar-refractivity contribution in [2.75, 3.05) is 0 Å². The Bertz CT molecular complexity index is 543. The molecule has 0 amide bonds. The van der Waals surface area contributed by atoms with Crippen molar-refractivity contribution in [3.05, 3.63) is 35.9 Å². The van der Waals surface area contributed by atoms with E-state index in [9.17, 15) is 14.7 Å². The number of aliphatic hydroxyl groups is 2. The number of carboxylic acid groups (broad SMARTS) is 1. The molecule has 1 aromatic rings. The lowest BCUT2D eigenvalue weighted by molar-refractivity contribution is -0.150. The Kier molecular flexibility index (Phi) is 4.98. The van der Waals surface area contributed by atoms with Gasteiger partial charge in [0.1, 0.15) is 6.04 Å². The third-order valence-corrected chi connectivity index (χ3v) is 4.05. The Morgan fingerprint density at radius 2 is 2.00 bits per heavy atom. The number of rotatable bonds is 8. The van der Waals surface area contributed by atoms with Crippen LogP contribution in [0.4, 0.5) is 0 Å². The first-order valence-corrected chi connectivity index (χ1v) is 7.60. The fourth-order valence-corrected chi connectivity index (χ4v) is 2.55. The lowest BCUT2D eigenvalue weighted by atomic mass is 10.0. The van der Waals surface area contributed by atoms with E-state index in [1.54, 1.807) is 6.92 Å². The van der Waals surface area contributed by atoms with Crippen LogP contribution < -0.4 is 5.32 Å². The zero-order valence-corrected chi connectivity index (χ0v) is 13.2. The van der Waals surface area contributed by atoms with Crippen LogP contribution in [-0.2, 0) is 16.2 Å². The van der Waals surface area contributed by atoms with Crippen LogP contribution in [0, 0.1) is 5.92 Å². The number of benzene rings is 1. The Morgan fingerprint density at radius 3 is 2.55 bits per heavy atom. The Balaban J connectivity index is 1.93. The Hall–Kier alpha value is -1.72. The van der Waals surface area contributed by atoms with Gasteiger partial charge in [-0.3, -0.25) is 14.9 Å². The van der Waals surface area contributed by atoms with Crippen LogP contribution in [0.15, 0.2) is 30.3 Å². The smallest absolute Gasteiger partial charge is 0.320 e. The summed E-state index contributed by atoms with van der Waals surface area (Å²) in [7, 11) is 0. The van der Waals surface area contributed by atoms with Crippen LogP contribution in [0.5, 0.6) is 0 Å². The van der Waals surface area contributed by atoms with E-state index < -0.39 is 23.7 Å². The summed E-state index contributed by atoms with van der Waals surface area (Å²) in [5, 5.41) is 12.2. The molecule has 5 heteroatoms. The van der Waals surface area contributed by atoms with Gasteiger partial charge in [0, 0.05) is 12.5 Å². The first-order chi connectivity index (χ1) is 10.3. The van der Waals surface area contributed by atoms with Gasteiger partial charge in [-0.05, 0) is 12.3 Å². The summed E-state index contributed by atoms with van der Waals surface area (Å²) in [6.07, 6.45) is 0.494. The topological polar surface area (TPSA) is 79.2 Å². The summed E-state index contributed by atoms with van der Waals surface area (Å²) < 4.78 is 4.49. The number of carboxylic acids is 1. The second-order valence-electron chi connectivity index (χ2n) is 6.43. The number of aliphatic carboxylic acids is 1. The predicted octanol–water partition coefficient (Wildman–Crippen LogP) is 1.51. The van der Waals surface area contributed by atoms with Crippen LogP contribution in [-0.4, -0.2) is 39.3 Å². The SMILES string of the molecule is CC(C)C[C@H](N[C@H]1C(=O)[C@]1(C)[OH+]Cc1ccccc1)C(=O)O. The molecule has 5 nitrogen and oxygen atoms in total. The van der Waals surface area contributed by atoms with Crippen molar-refractivity contribution in [1.29, 1.82) is 0 Å². The van der Waals surface area contributed by atoms with Crippen molar-refractivity contribution in [2.24, 2.45) is 5.92 Å². The molecule has 1 aliphatic carbocycles. The third kappa shape index (κ3) is 3.72. The minimum atomic E-state index is -0.918. The highest BCUT2D eigenvalue weighted by Gasteiger charge is 2.69. The van der Waals surface area contributed by atoms with Crippen molar-refractivity contribution in [2.45, 2.75) is 51.5 Å². The van der Waals surface area contributed by atoms with Crippen LogP contribution in [0.3, 0.4) is 0 Å². The summed E-state index contributed by atoms with van der Waals surface area (Å²) in [5.41, 5.74) is 0.236. The van der Waals surface area contributed by atoms with E-state index in [0.717, 1.165) is 5.56 Å². The molecule has 120 valence electrons. The second kappa shape index (κ2) is 6.58. The lowest BCUT2D eigenvalue weighted by Crippen LogP contribution is -2.42. The molecule has 0 heterocycles. The average molecular weight is 306 g/mol. The summed E-state index contributed by atoms with van der Waals surface area (Å²) >= 11 is 0. The molecule has 3 atom stereocenters. The second-order valence-corrected chi connectivity index (χ2v) is 6.43. The number of nitrogens with one attached hydrogen (secondary N) is 1. The number of carbonyl (C=O) groups excluding carboxylic acids is 1. The van der Waals surface area contributed by atoms with E-state index in [-0.39, 0.29) is 11.7 Å². The minimum absolute atomic E-state index is 0.0292. The Morgan fingerprint density at radius 1 is 1.36 bits per heavy atom. The van der Waals surface area contributed by atoms with Gasteiger partial charge in [-0.15, -0.1) is 0 Å². The molecule has 0 unspecified atom stereocenters. The minimum Gasteiger partial charge on any atom is -0.480 e. The lowest BCUT2D eigenvalue weighted by Gasteiger charge is -2.16. The quantitative estimate of drug-likeness (QED) is 0.714. The molecule has 3 N–H and O–H groups in total. The maximum atomic E-state index is 12.1. The number of ether oxygens (including phenoxy) is 1. The van der Waals surface area contributed by atoms with Crippen molar-refractivity contribution in [1.82, 2.24) is 5.32 Å². The average Bonchev–Trinajstić information content (AvgIpc) is 2.98. The van der Waals surface area contributed by atoms with Crippen molar-refractivity contribution < 1.29 is 19.4 Å². The monoisotopic (exact) mass is 306 g/mol. The Labute approximate surface area is 130 Å². The van der Waals surface area contributed by atoms with E-state index in [4.69, 9.17) is 0 Å². The molecule has 0 spiro atoms. The van der Waals surface area contributed by atoms with Gasteiger partial charge < -0.3 is 9.84 Å². The van der Waals surface area contributed by atoms with E-state index in [0.29, 0.717) is 13.0 Å². The molecule has 22 heavy (non-hydrogen) atoms.